The van der Waals surface area contributed by atoms with Crippen LogP contribution in [0.4, 0.5) is 0 Å². The molecule has 1 aliphatic carbocycles. The normalized spacial score (nSPS) is 18.8. The van der Waals surface area contributed by atoms with Gasteiger partial charge >= 0.3 is 0 Å². The molecule has 1 N–H and O–H groups in total. The van der Waals surface area contributed by atoms with Gasteiger partial charge in [0.15, 0.2) is 0 Å². The predicted molar refractivity (Wildman–Crippen MR) is 81.2 cm³/mol. The van der Waals surface area contributed by atoms with Crippen LogP contribution in [0.5, 0.6) is 5.75 Å². The summed E-state index contributed by atoms with van der Waals surface area (Å²) < 4.78 is 0. The van der Waals surface area contributed by atoms with Crippen molar-refractivity contribution in [1.29, 1.82) is 0 Å². The molecule has 0 heterocycles. The van der Waals surface area contributed by atoms with Crippen molar-refractivity contribution in [3.63, 3.8) is 0 Å². The molecule has 4 heteroatoms. The molecule has 0 spiro atoms. The number of nitrogens with zero attached hydrogens (tertiary/aromatic N) is 1. The molecular weight excluding hydrogens is 274 g/mol. The number of phenols is 1. The van der Waals surface area contributed by atoms with Gasteiger partial charge in [-0.2, -0.15) is 0 Å². The standard InChI is InChI=1S/C16H22ClNO2/c1-16(2)8-6-12(7-9-16)18(3)15(20)11-4-5-14(19)13(17)10-11/h4-5,10,12,19H,6-9H2,1-3H3. The molecule has 0 bridgehead atoms. The Labute approximate surface area is 125 Å². The first-order valence-corrected chi connectivity index (χ1v) is 7.44. The maximum absolute atomic E-state index is 12.5. The van der Waals surface area contributed by atoms with Crippen molar-refractivity contribution in [1.82, 2.24) is 4.90 Å². The maximum atomic E-state index is 12.5. The Bertz CT molecular complexity index is 503. The van der Waals surface area contributed by atoms with E-state index in [1.165, 1.54) is 12.1 Å². The molecule has 1 aromatic rings. The second-order valence-electron chi connectivity index (χ2n) is 6.48. The van der Waals surface area contributed by atoms with Crippen molar-refractivity contribution >= 4 is 17.5 Å². The molecule has 3 nitrogen and oxygen atoms in total. The highest BCUT2D eigenvalue weighted by atomic mass is 35.5. The number of rotatable bonds is 2. The molecule has 0 atom stereocenters. The highest BCUT2D eigenvalue weighted by Gasteiger charge is 2.30. The molecular formula is C16H22ClNO2. The van der Waals surface area contributed by atoms with Crippen LogP contribution in [0.1, 0.15) is 49.9 Å². The number of amides is 1. The topological polar surface area (TPSA) is 40.5 Å². The zero-order valence-electron chi connectivity index (χ0n) is 12.3. The minimum atomic E-state index is -0.0309. The van der Waals surface area contributed by atoms with Gasteiger partial charge in [-0.3, -0.25) is 4.79 Å². The van der Waals surface area contributed by atoms with E-state index in [-0.39, 0.29) is 16.7 Å². The average molecular weight is 296 g/mol. The monoisotopic (exact) mass is 295 g/mol. The molecule has 0 unspecified atom stereocenters. The largest absolute Gasteiger partial charge is 0.506 e. The zero-order valence-corrected chi connectivity index (χ0v) is 13.1. The van der Waals surface area contributed by atoms with Crippen LogP contribution in [0.15, 0.2) is 18.2 Å². The highest BCUT2D eigenvalue weighted by Crippen LogP contribution is 2.37. The zero-order chi connectivity index (χ0) is 14.9. The molecule has 0 radical (unpaired) electrons. The van der Waals surface area contributed by atoms with Crippen molar-refractivity contribution in [2.75, 3.05) is 7.05 Å². The van der Waals surface area contributed by atoms with Gasteiger partial charge in [0, 0.05) is 18.7 Å². The van der Waals surface area contributed by atoms with Gasteiger partial charge in [-0.1, -0.05) is 25.4 Å². The first-order chi connectivity index (χ1) is 9.30. The van der Waals surface area contributed by atoms with Crippen LogP contribution >= 0.6 is 11.6 Å². The number of aromatic hydroxyl groups is 1. The van der Waals surface area contributed by atoms with E-state index in [1.54, 1.807) is 6.07 Å². The van der Waals surface area contributed by atoms with E-state index in [0.29, 0.717) is 17.0 Å². The number of phenolic OH excluding ortho intramolecular Hbond substituents is 1. The Morgan fingerprint density at radius 2 is 1.95 bits per heavy atom. The van der Waals surface area contributed by atoms with Crippen LogP contribution in [0, 0.1) is 5.41 Å². The quantitative estimate of drug-likeness (QED) is 0.893. The Morgan fingerprint density at radius 3 is 2.50 bits per heavy atom. The van der Waals surface area contributed by atoms with E-state index in [2.05, 4.69) is 13.8 Å². The van der Waals surface area contributed by atoms with Crippen molar-refractivity contribution in [3.8, 4) is 5.75 Å². The van der Waals surface area contributed by atoms with Gasteiger partial charge in [-0.15, -0.1) is 0 Å². The van der Waals surface area contributed by atoms with Gasteiger partial charge in [0.1, 0.15) is 5.75 Å². The molecule has 1 amide bonds. The number of benzene rings is 1. The number of carbonyl (C=O) groups excluding carboxylic acids is 1. The molecule has 110 valence electrons. The fourth-order valence-corrected chi connectivity index (χ4v) is 2.96. The van der Waals surface area contributed by atoms with Crippen LogP contribution in [-0.2, 0) is 0 Å². The van der Waals surface area contributed by atoms with Crippen molar-refractivity contribution in [2.24, 2.45) is 5.41 Å². The second kappa shape index (κ2) is 5.65. The number of hydrogen-bond acceptors (Lipinski definition) is 2. The van der Waals surface area contributed by atoms with E-state index in [4.69, 9.17) is 11.6 Å². The molecule has 1 aromatic carbocycles. The molecule has 1 aliphatic rings. The first-order valence-electron chi connectivity index (χ1n) is 7.06. The summed E-state index contributed by atoms with van der Waals surface area (Å²) in [5.41, 5.74) is 0.919. The van der Waals surface area contributed by atoms with Crippen molar-refractivity contribution < 1.29 is 9.90 Å². The van der Waals surface area contributed by atoms with Gasteiger partial charge in [0.2, 0.25) is 0 Å². The molecule has 1 fully saturated rings. The fraction of sp³-hybridized carbons (Fsp3) is 0.562. The summed E-state index contributed by atoms with van der Waals surface area (Å²) in [7, 11) is 1.85. The Kier molecular flexibility index (Phi) is 4.28. The Balaban J connectivity index is 2.07. The predicted octanol–water partition coefficient (Wildman–Crippen LogP) is 4.09. The van der Waals surface area contributed by atoms with E-state index in [9.17, 15) is 9.90 Å². The summed E-state index contributed by atoms with van der Waals surface area (Å²) in [6.07, 6.45) is 4.37. The summed E-state index contributed by atoms with van der Waals surface area (Å²) in [4.78, 5) is 14.3. The molecule has 20 heavy (non-hydrogen) atoms. The number of halogens is 1. The minimum Gasteiger partial charge on any atom is -0.506 e. The molecule has 1 saturated carbocycles. The maximum Gasteiger partial charge on any atom is 0.253 e. The lowest BCUT2D eigenvalue weighted by Gasteiger charge is -2.38. The van der Waals surface area contributed by atoms with Crippen LogP contribution in [0.25, 0.3) is 0 Å². The van der Waals surface area contributed by atoms with E-state index in [1.807, 2.05) is 11.9 Å². The minimum absolute atomic E-state index is 0.00489. The molecule has 0 aliphatic heterocycles. The van der Waals surface area contributed by atoms with Crippen LogP contribution in [-0.4, -0.2) is 29.0 Å². The average Bonchev–Trinajstić information content (AvgIpc) is 2.40. The van der Waals surface area contributed by atoms with Gasteiger partial charge in [0.05, 0.1) is 5.02 Å². The third-order valence-electron chi connectivity index (χ3n) is 4.37. The smallest absolute Gasteiger partial charge is 0.253 e. The molecule has 0 saturated heterocycles. The van der Waals surface area contributed by atoms with Crippen molar-refractivity contribution in [2.45, 2.75) is 45.6 Å². The summed E-state index contributed by atoms with van der Waals surface area (Å²) >= 11 is 5.87. The molecule has 2 rings (SSSR count). The first kappa shape index (κ1) is 15.2. The summed E-state index contributed by atoms with van der Waals surface area (Å²) in [6, 6.07) is 4.91. The van der Waals surface area contributed by atoms with Gasteiger partial charge < -0.3 is 10.0 Å². The third-order valence-corrected chi connectivity index (χ3v) is 4.67. The SMILES string of the molecule is CN(C(=O)c1ccc(O)c(Cl)c1)C1CCC(C)(C)CC1. The number of carbonyl (C=O) groups is 1. The lowest BCUT2D eigenvalue weighted by atomic mass is 9.75. The van der Waals surface area contributed by atoms with E-state index >= 15 is 0 Å². The third kappa shape index (κ3) is 3.26. The lowest BCUT2D eigenvalue weighted by Crippen LogP contribution is -2.40. The fourth-order valence-electron chi connectivity index (χ4n) is 2.78. The van der Waals surface area contributed by atoms with Crippen LogP contribution in [0.2, 0.25) is 5.02 Å². The number of hydrogen-bond donors (Lipinski definition) is 1. The lowest BCUT2D eigenvalue weighted by molar-refractivity contribution is 0.0635. The molecule has 0 aromatic heterocycles. The summed E-state index contributed by atoms with van der Waals surface area (Å²) in [5, 5.41) is 9.63. The van der Waals surface area contributed by atoms with E-state index < -0.39 is 0 Å². The summed E-state index contributed by atoms with van der Waals surface area (Å²) in [6.45, 7) is 4.57. The van der Waals surface area contributed by atoms with Gasteiger partial charge in [-0.25, -0.2) is 0 Å². The van der Waals surface area contributed by atoms with Gasteiger partial charge in [0.25, 0.3) is 5.91 Å². The summed E-state index contributed by atoms with van der Waals surface area (Å²) in [5.74, 6) is -0.0260. The second-order valence-corrected chi connectivity index (χ2v) is 6.88. The Morgan fingerprint density at radius 1 is 1.35 bits per heavy atom. The van der Waals surface area contributed by atoms with Gasteiger partial charge in [-0.05, 0) is 49.3 Å². The van der Waals surface area contributed by atoms with Crippen LogP contribution in [0.3, 0.4) is 0 Å². The Hall–Kier alpha value is -1.22. The highest BCUT2D eigenvalue weighted by molar-refractivity contribution is 6.32. The van der Waals surface area contributed by atoms with E-state index in [0.717, 1.165) is 25.7 Å². The van der Waals surface area contributed by atoms with Crippen LogP contribution < -0.4 is 0 Å². The van der Waals surface area contributed by atoms with Crippen molar-refractivity contribution in [3.05, 3.63) is 28.8 Å².